The lowest BCUT2D eigenvalue weighted by molar-refractivity contribution is 0.0391. The van der Waals surface area contributed by atoms with E-state index in [9.17, 15) is 4.79 Å². The fourth-order valence-electron chi connectivity index (χ4n) is 3.12. The van der Waals surface area contributed by atoms with Crippen LogP contribution in [0, 0.1) is 0 Å². The van der Waals surface area contributed by atoms with E-state index in [4.69, 9.17) is 21.1 Å². The van der Waals surface area contributed by atoms with Gasteiger partial charge in [0, 0.05) is 38.6 Å². The van der Waals surface area contributed by atoms with Crippen LogP contribution in [0.3, 0.4) is 0 Å². The number of aromatic nitrogens is 3. The highest BCUT2D eigenvalue weighted by Gasteiger charge is 2.25. The van der Waals surface area contributed by atoms with Crippen molar-refractivity contribution in [2.24, 2.45) is 0 Å². The number of amides is 1. The Balaban J connectivity index is 1.68. The molecule has 0 atom stereocenters. The molecule has 0 aliphatic carbocycles. The number of halogens is 1. The summed E-state index contributed by atoms with van der Waals surface area (Å²) >= 11 is 7.73. The highest BCUT2D eigenvalue weighted by Crippen LogP contribution is 2.38. The molecule has 0 spiro atoms. The van der Waals surface area contributed by atoms with Gasteiger partial charge in [0.25, 0.3) is 5.91 Å². The molecule has 0 N–H and O–H groups in total. The van der Waals surface area contributed by atoms with Crippen molar-refractivity contribution in [3.8, 4) is 5.75 Å². The van der Waals surface area contributed by atoms with Gasteiger partial charge < -0.3 is 9.47 Å². The van der Waals surface area contributed by atoms with Crippen LogP contribution in [0.25, 0.3) is 10.2 Å². The predicted molar refractivity (Wildman–Crippen MR) is 112 cm³/mol. The SMILES string of the molecule is COc1ccc(Cl)c2sc(N(CCN3CCOCC3)C(=O)c3cnccn3)nc12. The van der Waals surface area contributed by atoms with Crippen molar-refractivity contribution in [3.05, 3.63) is 41.4 Å². The maximum absolute atomic E-state index is 13.2. The molecule has 1 aromatic carbocycles. The number of hydrogen-bond donors (Lipinski definition) is 0. The number of carbonyl (C=O) groups excluding carboxylic acids is 1. The minimum Gasteiger partial charge on any atom is -0.494 e. The van der Waals surface area contributed by atoms with E-state index in [2.05, 4.69) is 19.9 Å². The average Bonchev–Trinajstić information content (AvgIpc) is 3.21. The third-order valence-electron chi connectivity index (χ3n) is 4.67. The molecule has 0 unspecified atom stereocenters. The summed E-state index contributed by atoms with van der Waals surface area (Å²) in [4.78, 5) is 30.0. The molecular formula is C19H20ClN5O3S. The van der Waals surface area contributed by atoms with Gasteiger partial charge in [-0.15, -0.1) is 0 Å². The molecule has 0 saturated carbocycles. The van der Waals surface area contributed by atoms with Crippen LogP contribution >= 0.6 is 22.9 Å². The first-order chi connectivity index (χ1) is 14.2. The smallest absolute Gasteiger partial charge is 0.280 e. The van der Waals surface area contributed by atoms with Crippen LogP contribution in [0.4, 0.5) is 5.13 Å². The Labute approximate surface area is 177 Å². The van der Waals surface area contributed by atoms with E-state index in [0.29, 0.717) is 47.7 Å². The van der Waals surface area contributed by atoms with Gasteiger partial charge in [0.15, 0.2) is 5.13 Å². The number of benzene rings is 1. The minimum absolute atomic E-state index is 0.250. The number of thiazole rings is 1. The quantitative estimate of drug-likeness (QED) is 0.591. The Morgan fingerprint density at radius 3 is 2.90 bits per heavy atom. The Kier molecular flexibility index (Phi) is 6.19. The van der Waals surface area contributed by atoms with E-state index in [1.807, 2.05) is 0 Å². The maximum atomic E-state index is 13.2. The number of nitrogens with zero attached hydrogens (tertiary/aromatic N) is 5. The molecule has 3 aromatic rings. The van der Waals surface area contributed by atoms with Crippen molar-refractivity contribution in [2.75, 3.05) is 51.4 Å². The fourth-order valence-corrected chi connectivity index (χ4v) is 4.40. The van der Waals surface area contributed by atoms with Crippen LogP contribution in [0.15, 0.2) is 30.7 Å². The summed E-state index contributed by atoms with van der Waals surface area (Å²) in [7, 11) is 1.59. The second kappa shape index (κ2) is 9.00. The summed E-state index contributed by atoms with van der Waals surface area (Å²) in [5.74, 6) is 0.368. The van der Waals surface area contributed by atoms with Gasteiger partial charge in [-0.25, -0.2) is 9.97 Å². The average molecular weight is 434 g/mol. The molecular weight excluding hydrogens is 414 g/mol. The zero-order valence-electron chi connectivity index (χ0n) is 15.9. The molecule has 1 aliphatic rings. The number of carbonyl (C=O) groups is 1. The van der Waals surface area contributed by atoms with Crippen molar-refractivity contribution in [2.45, 2.75) is 0 Å². The predicted octanol–water partition coefficient (Wildman–Crippen LogP) is 2.73. The highest BCUT2D eigenvalue weighted by atomic mass is 35.5. The van der Waals surface area contributed by atoms with Crippen molar-refractivity contribution in [1.29, 1.82) is 0 Å². The topological polar surface area (TPSA) is 80.7 Å². The summed E-state index contributed by atoms with van der Waals surface area (Å²) in [6.45, 7) is 4.25. The van der Waals surface area contributed by atoms with Gasteiger partial charge in [-0.05, 0) is 12.1 Å². The van der Waals surface area contributed by atoms with Gasteiger partial charge in [0.2, 0.25) is 0 Å². The Morgan fingerprint density at radius 2 is 2.17 bits per heavy atom. The molecule has 1 aliphatic heterocycles. The van der Waals surface area contributed by atoms with Crippen LogP contribution in [0.2, 0.25) is 5.02 Å². The van der Waals surface area contributed by atoms with Gasteiger partial charge in [0.05, 0.1) is 36.2 Å². The molecule has 1 saturated heterocycles. The highest BCUT2D eigenvalue weighted by molar-refractivity contribution is 7.23. The summed E-state index contributed by atoms with van der Waals surface area (Å²) in [5, 5.41) is 1.12. The van der Waals surface area contributed by atoms with Crippen molar-refractivity contribution < 1.29 is 14.3 Å². The lowest BCUT2D eigenvalue weighted by atomic mass is 10.3. The largest absolute Gasteiger partial charge is 0.494 e. The lowest BCUT2D eigenvalue weighted by Gasteiger charge is -2.29. The molecule has 1 fully saturated rings. The van der Waals surface area contributed by atoms with E-state index in [0.717, 1.165) is 17.8 Å². The number of methoxy groups -OCH3 is 1. The van der Waals surface area contributed by atoms with Crippen molar-refractivity contribution in [3.63, 3.8) is 0 Å². The number of morpholine rings is 1. The van der Waals surface area contributed by atoms with E-state index >= 15 is 0 Å². The van der Waals surface area contributed by atoms with E-state index in [1.165, 1.54) is 29.9 Å². The molecule has 8 nitrogen and oxygen atoms in total. The molecule has 2 aromatic heterocycles. The fraction of sp³-hybridized carbons (Fsp3) is 0.368. The van der Waals surface area contributed by atoms with Gasteiger partial charge in [0.1, 0.15) is 17.0 Å². The zero-order valence-corrected chi connectivity index (χ0v) is 17.4. The van der Waals surface area contributed by atoms with Crippen LogP contribution < -0.4 is 9.64 Å². The number of rotatable bonds is 6. The number of hydrogen-bond acceptors (Lipinski definition) is 8. The summed E-state index contributed by atoms with van der Waals surface area (Å²) in [6, 6.07) is 3.55. The third kappa shape index (κ3) is 4.32. The summed E-state index contributed by atoms with van der Waals surface area (Å²) in [5.41, 5.74) is 0.912. The first-order valence-corrected chi connectivity index (χ1v) is 10.4. The second-order valence-corrected chi connectivity index (χ2v) is 7.81. The van der Waals surface area contributed by atoms with Gasteiger partial charge in [-0.2, -0.15) is 0 Å². The monoisotopic (exact) mass is 433 g/mol. The lowest BCUT2D eigenvalue weighted by Crippen LogP contribution is -2.43. The van der Waals surface area contributed by atoms with Crippen LogP contribution in [0.1, 0.15) is 10.5 Å². The molecule has 29 heavy (non-hydrogen) atoms. The van der Waals surface area contributed by atoms with Crippen LogP contribution in [-0.4, -0.2) is 72.3 Å². The minimum atomic E-state index is -0.250. The molecule has 0 bridgehead atoms. The molecule has 1 amide bonds. The Morgan fingerprint density at radius 1 is 1.34 bits per heavy atom. The van der Waals surface area contributed by atoms with Gasteiger partial charge in [-0.3, -0.25) is 19.6 Å². The van der Waals surface area contributed by atoms with Crippen molar-refractivity contribution >= 4 is 44.2 Å². The van der Waals surface area contributed by atoms with Crippen LogP contribution in [0.5, 0.6) is 5.75 Å². The first kappa shape index (κ1) is 20.0. The summed E-state index contributed by atoms with van der Waals surface area (Å²) in [6.07, 6.45) is 4.51. The van der Waals surface area contributed by atoms with E-state index in [1.54, 1.807) is 24.1 Å². The number of fused-ring (bicyclic) bond motifs is 1. The van der Waals surface area contributed by atoms with Gasteiger partial charge >= 0.3 is 0 Å². The Hall–Kier alpha value is -2.33. The van der Waals surface area contributed by atoms with Crippen LogP contribution in [-0.2, 0) is 4.74 Å². The number of ether oxygens (including phenoxy) is 2. The molecule has 0 radical (unpaired) electrons. The zero-order chi connectivity index (χ0) is 20.2. The third-order valence-corrected chi connectivity index (χ3v) is 6.21. The standard InChI is InChI=1S/C19H20ClN5O3S/c1-27-15-3-2-13(20)17-16(15)23-19(29-17)25(7-6-24-8-10-28-11-9-24)18(26)14-12-21-4-5-22-14/h2-5,12H,6-11H2,1H3. The summed E-state index contributed by atoms with van der Waals surface area (Å²) < 4.78 is 11.6. The Bertz CT molecular complexity index is 994. The molecule has 4 rings (SSSR count). The molecule has 152 valence electrons. The van der Waals surface area contributed by atoms with E-state index in [-0.39, 0.29) is 11.6 Å². The molecule has 3 heterocycles. The maximum Gasteiger partial charge on any atom is 0.280 e. The van der Waals surface area contributed by atoms with E-state index < -0.39 is 0 Å². The van der Waals surface area contributed by atoms with Crippen molar-refractivity contribution in [1.82, 2.24) is 19.9 Å². The number of anilines is 1. The normalized spacial score (nSPS) is 14.8. The second-order valence-electron chi connectivity index (χ2n) is 6.43. The first-order valence-electron chi connectivity index (χ1n) is 9.18. The molecule has 10 heteroatoms. The van der Waals surface area contributed by atoms with Gasteiger partial charge in [-0.1, -0.05) is 22.9 Å².